The molecule has 3 nitrogen and oxygen atoms in total. The zero-order valence-corrected chi connectivity index (χ0v) is 17.1. The van der Waals surface area contributed by atoms with Crippen LogP contribution in [0.5, 0.6) is 0 Å². The zero-order chi connectivity index (χ0) is 19.8. The van der Waals surface area contributed by atoms with E-state index in [1.807, 2.05) is 48.5 Å². The topological polar surface area (TPSA) is 39.2 Å². The third-order valence-electron chi connectivity index (χ3n) is 5.58. The van der Waals surface area contributed by atoms with Gasteiger partial charge in [-0.1, -0.05) is 41.9 Å². The summed E-state index contributed by atoms with van der Waals surface area (Å²) in [5.74, 6) is 0.604. The summed E-state index contributed by atoms with van der Waals surface area (Å²) in [6, 6.07) is 24.2. The molecule has 0 aliphatic rings. The van der Waals surface area contributed by atoms with Gasteiger partial charge in [-0.3, -0.25) is 0 Å². The molecule has 0 radical (unpaired) electrons. The van der Waals surface area contributed by atoms with Crippen LogP contribution in [-0.4, -0.2) is 4.98 Å². The third kappa shape index (κ3) is 2.23. The monoisotopic (exact) mass is 425 g/mol. The van der Waals surface area contributed by atoms with Crippen molar-refractivity contribution in [1.82, 2.24) is 4.98 Å². The Kier molecular flexibility index (Phi) is 3.21. The lowest BCUT2D eigenvalue weighted by Gasteiger charge is -1.97. The lowest BCUT2D eigenvalue weighted by molar-refractivity contribution is 0.620. The van der Waals surface area contributed by atoms with E-state index in [0.29, 0.717) is 5.89 Å². The summed E-state index contributed by atoms with van der Waals surface area (Å²) in [6.45, 7) is 0. The molecule has 4 aromatic carbocycles. The van der Waals surface area contributed by atoms with E-state index in [0.717, 1.165) is 48.3 Å². The van der Waals surface area contributed by atoms with Crippen LogP contribution in [0.2, 0.25) is 5.02 Å². The van der Waals surface area contributed by atoms with E-state index in [4.69, 9.17) is 25.4 Å². The Hall–Kier alpha value is -3.34. The number of benzene rings is 4. The molecule has 7 aromatic rings. The summed E-state index contributed by atoms with van der Waals surface area (Å²) in [5, 5.41) is 5.20. The molecule has 0 spiro atoms. The van der Waals surface area contributed by atoms with Crippen molar-refractivity contribution in [1.29, 1.82) is 0 Å². The van der Waals surface area contributed by atoms with E-state index in [2.05, 4.69) is 24.3 Å². The molecule has 5 heteroatoms. The largest absolute Gasteiger partial charge is 0.456 e. The van der Waals surface area contributed by atoms with E-state index in [-0.39, 0.29) is 0 Å². The molecule has 0 unspecified atom stereocenters. The number of hydrogen-bond donors (Lipinski definition) is 0. The second kappa shape index (κ2) is 5.85. The van der Waals surface area contributed by atoms with Crippen LogP contribution in [-0.2, 0) is 0 Å². The Bertz CT molecular complexity index is 1770. The number of para-hydroxylation sites is 1. The van der Waals surface area contributed by atoms with E-state index < -0.39 is 0 Å². The van der Waals surface area contributed by atoms with Gasteiger partial charge in [0.15, 0.2) is 5.58 Å². The first-order valence-corrected chi connectivity index (χ1v) is 10.8. The number of furan rings is 1. The van der Waals surface area contributed by atoms with Crippen molar-refractivity contribution in [2.24, 2.45) is 0 Å². The molecular formula is C25H12ClNO2S. The fourth-order valence-electron chi connectivity index (χ4n) is 4.24. The van der Waals surface area contributed by atoms with Crippen LogP contribution in [0.15, 0.2) is 81.6 Å². The lowest BCUT2D eigenvalue weighted by atomic mass is 10.1. The summed E-state index contributed by atoms with van der Waals surface area (Å²) in [6.07, 6.45) is 0. The number of thiophene rings is 1. The number of rotatable bonds is 1. The highest BCUT2D eigenvalue weighted by Gasteiger charge is 2.17. The first kappa shape index (κ1) is 16.5. The number of nitrogens with zero attached hydrogens (tertiary/aromatic N) is 1. The van der Waals surface area contributed by atoms with Gasteiger partial charge in [0, 0.05) is 47.6 Å². The maximum absolute atomic E-state index is 6.24. The highest BCUT2D eigenvalue weighted by Crippen LogP contribution is 2.40. The number of aromatic nitrogens is 1. The van der Waals surface area contributed by atoms with Gasteiger partial charge < -0.3 is 8.83 Å². The van der Waals surface area contributed by atoms with Gasteiger partial charge in [-0.25, -0.2) is 4.98 Å². The predicted octanol–water partition coefficient (Wildman–Crippen LogP) is 8.42. The third-order valence-corrected chi connectivity index (χ3v) is 6.93. The van der Waals surface area contributed by atoms with Crippen LogP contribution < -0.4 is 0 Å². The predicted molar refractivity (Wildman–Crippen MR) is 125 cm³/mol. The summed E-state index contributed by atoms with van der Waals surface area (Å²) in [4.78, 5) is 4.84. The summed E-state index contributed by atoms with van der Waals surface area (Å²) < 4.78 is 14.6. The zero-order valence-electron chi connectivity index (χ0n) is 15.5. The Morgan fingerprint density at radius 3 is 2.53 bits per heavy atom. The lowest BCUT2D eigenvalue weighted by Crippen LogP contribution is -1.79. The van der Waals surface area contributed by atoms with Gasteiger partial charge in [-0.2, -0.15) is 0 Å². The molecule has 0 saturated carbocycles. The van der Waals surface area contributed by atoms with Crippen molar-refractivity contribution in [3.63, 3.8) is 0 Å². The van der Waals surface area contributed by atoms with Gasteiger partial charge in [0.05, 0.1) is 0 Å². The average Bonchev–Trinajstić information content (AvgIpc) is 3.43. The summed E-state index contributed by atoms with van der Waals surface area (Å²) in [5.41, 5.74) is 4.26. The fraction of sp³-hybridized carbons (Fsp3) is 0. The van der Waals surface area contributed by atoms with Crippen LogP contribution in [0.4, 0.5) is 0 Å². The molecule has 0 aliphatic carbocycles. The molecular weight excluding hydrogens is 414 g/mol. The van der Waals surface area contributed by atoms with Gasteiger partial charge in [-0.05, 0) is 36.4 Å². The smallest absolute Gasteiger partial charge is 0.228 e. The van der Waals surface area contributed by atoms with E-state index in [9.17, 15) is 0 Å². The molecule has 0 N–H and O–H groups in total. The second-order valence-electron chi connectivity index (χ2n) is 7.35. The standard InChI is InChI=1S/C25H12ClNO2S/c26-13-8-9-14-17-11-18-21(12-23(17)30-22(14)10-13)29-25(27-18)16-5-3-7-20-24(16)15-4-1-2-6-19(15)28-20/h1-12H. The van der Waals surface area contributed by atoms with Crippen LogP contribution in [0.3, 0.4) is 0 Å². The maximum Gasteiger partial charge on any atom is 0.228 e. The molecule has 0 bridgehead atoms. The first-order chi connectivity index (χ1) is 14.7. The van der Waals surface area contributed by atoms with Crippen molar-refractivity contribution in [3.8, 4) is 11.5 Å². The van der Waals surface area contributed by atoms with Crippen LogP contribution >= 0.6 is 22.9 Å². The van der Waals surface area contributed by atoms with Crippen molar-refractivity contribution in [3.05, 3.63) is 77.8 Å². The summed E-state index contributed by atoms with van der Waals surface area (Å²) >= 11 is 7.88. The van der Waals surface area contributed by atoms with E-state index >= 15 is 0 Å². The molecule has 30 heavy (non-hydrogen) atoms. The van der Waals surface area contributed by atoms with Gasteiger partial charge in [0.25, 0.3) is 0 Å². The number of oxazole rings is 1. The van der Waals surface area contributed by atoms with E-state index in [1.165, 1.54) is 15.5 Å². The average molecular weight is 426 g/mol. The fourth-order valence-corrected chi connectivity index (χ4v) is 5.63. The van der Waals surface area contributed by atoms with Gasteiger partial charge >= 0.3 is 0 Å². The minimum absolute atomic E-state index is 0.604. The molecule has 0 amide bonds. The Morgan fingerprint density at radius 1 is 0.700 bits per heavy atom. The van der Waals surface area contributed by atoms with Crippen molar-refractivity contribution in [2.75, 3.05) is 0 Å². The molecule has 3 heterocycles. The molecule has 0 atom stereocenters. The SMILES string of the molecule is Clc1ccc2c(c1)sc1cc3oc(-c4cccc5oc6ccccc6c45)nc3cc12. The molecule has 0 fully saturated rings. The Balaban J connectivity index is 1.51. The Morgan fingerprint density at radius 2 is 1.57 bits per heavy atom. The van der Waals surface area contributed by atoms with Crippen molar-refractivity contribution < 1.29 is 8.83 Å². The minimum atomic E-state index is 0.604. The number of fused-ring (bicyclic) bond motifs is 7. The molecule has 142 valence electrons. The van der Waals surface area contributed by atoms with E-state index in [1.54, 1.807) is 11.3 Å². The van der Waals surface area contributed by atoms with Gasteiger partial charge in [-0.15, -0.1) is 11.3 Å². The maximum atomic E-state index is 6.24. The van der Waals surface area contributed by atoms with Crippen LogP contribution in [0.1, 0.15) is 0 Å². The Labute approximate surface area is 179 Å². The highest BCUT2D eigenvalue weighted by molar-refractivity contribution is 7.25. The van der Waals surface area contributed by atoms with Crippen molar-refractivity contribution in [2.45, 2.75) is 0 Å². The van der Waals surface area contributed by atoms with Crippen LogP contribution in [0.25, 0.3) is 64.7 Å². The number of hydrogen-bond acceptors (Lipinski definition) is 4. The van der Waals surface area contributed by atoms with Gasteiger partial charge in [0.1, 0.15) is 16.7 Å². The number of halogens is 1. The molecule has 7 rings (SSSR count). The quantitative estimate of drug-likeness (QED) is 0.265. The highest BCUT2D eigenvalue weighted by atomic mass is 35.5. The molecule has 0 saturated heterocycles. The second-order valence-corrected chi connectivity index (χ2v) is 8.87. The van der Waals surface area contributed by atoms with Crippen LogP contribution in [0, 0.1) is 0 Å². The summed E-state index contributed by atoms with van der Waals surface area (Å²) in [7, 11) is 0. The van der Waals surface area contributed by atoms with Gasteiger partial charge in [0.2, 0.25) is 5.89 Å². The normalized spacial score (nSPS) is 12.2. The minimum Gasteiger partial charge on any atom is -0.456 e. The first-order valence-electron chi connectivity index (χ1n) is 9.58. The van der Waals surface area contributed by atoms with Crippen molar-refractivity contribution >= 4 is 76.1 Å². The molecule has 0 aliphatic heterocycles. The molecule has 3 aromatic heterocycles.